The van der Waals surface area contributed by atoms with E-state index in [1.165, 1.54) is 30.1 Å². The first-order valence-electron chi connectivity index (χ1n) is 4.59. The highest BCUT2D eigenvalue weighted by atomic mass is 127. The first-order valence-corrected chi connectivity index (χ1v) is 6.11. The monoisotopic (exact) mass is 265 g/mol. The predicted octanol–water partition coefficient (Wildman–Crippen LogP) is 2.29. The number of alkyl halides is 1. The third-order valence-corrected chi connectivity index (χ3v) is 4.47. The summed E-state index contributed by atoms with van der Waals surface area (Å²) in [5.74, 6) is 1.08. The number of piperidine rings is 1. The number of likely N-dealkylation sites (tertiary alicyclic amines) is 1. The van der Waals surface area contributed by atoms with Gasteiger partial charge >= 0.3 is 0 Å². The zero-order valence-electron chi connectivity index (χ0n) is 7.09. The van der Waals surface area contributed by atoms with Crippen LogP contribution in [0.15, 0.2) is 0 Å². The molecule has 2 bridgehead atoms. The molecule has 0 aromatic carbocycles. The molecule has 1 heterocycles. The van der Waals surface area contributed by atoms with Crippen molar-refractivity contribution < 1.29 is 0 Å². The van der Waals surface area contributed by atoms with E-state index in [-0.39, 0.29) is 0 Å². The van der Waals surface area contributed by atoms with Crippen molar-refractivity contribution >= 4 is 22.6 Å². The number of hydrogen-bond donors (Lipinski definition) is 0. The lowest BCUT2D eigenvalue weighted by Crippen LogP contribution is -2.43. The molecule has 1 nitrogen and oxygen atoms in total. The molecule has 11 heavy (non-hydrogen) atoms. The van der Waals surface area contributed by atoms with E-state index in [1.807, 2.05) is 0 Å². The van der Waals surface area contributed by atoms with Gasteiger partial charge in [-0.15, -0.1) is 0 Å². The van der Waals surface area contributed by atoms with Gasteiger partial charge in [0.15, 0.2) is 0 Å². The Balaban J connectivity index is 2.05. The van der Waals surface area contributed by atoms with Crippen LogP contribution in [0.4, 0.5) is 0 Å². The van der Waals surface area contributed by atoms with E-state index >= 15 is 0 Å². The third-order valence-electron chi connectivity index (χ3n) is 3.45. The van der Waals surface area contributed by atoms with Crippen LogP contribution in [0, 0.1) is 5.92 Å². The quantitative estimate of drug-likeness (QED) is 0.519. The van der Waals surface area contributed by atoms with Gasteiger partial charge in [-0.3, -0.25) is 4.90 Å². The molecule has 0 amide bonds. The maximum absolute atomic E-state index is 2.62. The van der Waals surface area contributed by atoms with Crippen LogP contribution in [0.2, 0.25) is 0 Å². The van der Waals surface area contributed by atoms with Crippen molar-refractivity contribution in [3.05, 3.63) is 0 Å². The maximum atomic E-state index is 2.62. The minimum absolute atomic E-state index is 0.891. The van der Waals surface area contributed by atoms with Crippen LogP contribution in [-0.4, -0.2) is 28.5 Å². The average molecular weight is 265 g/mol. The number of nitrogens with zero attached hydrogens (tertiary/aromatic N) is 1. The molecular formula is C9H16IN. The van der Waals surface area contributed by atoms with E-state index in [9.17, 15) is 0 Å². The minimum Gasteiger partial charge on any atom is -0.300 e. The Kier molecular flexibility index (Phi) is 2.42. The molecule has 0 radical (unpaired) electrons. The van der Waals surface area contributed by atoms with E-state index in [4.69, 9.17) is 0 Å². The zero-order chi connectivity index (χ0) is 7.84. The van der Waals surface area contributed by atoms with E-state index in [1.54, 1.807) is 0 Å². The molecule has 2 fully saturated rings. The van der Waals surface area contributed by atoms with E-state index in [0.29, 0.717) is 0 Å². The Morgan fingerprint density at radius 1 is 1.36 bits per heavy atom. The van der Waals surface area contributed by atoms with Gasteiger partial charge in [0.25, 0.3) is 0 Å². The van der Waals surface area contributed by atoms with Gasteiger partial charge in [-0.2, -0.15) is 0 Å². The molecule has 0 spiro atoms. The standard InChI is InChI=1S/C9H16IN/c1-11-8-3-2-7(4-8)5-9(11)6-10/h7-9H,2-6H2,1H3. The summed E-state index contributed by atoms with van der Waals surface area (Å²) in [5.41, 5.74) is 0. The Bertz CT molecular complexity index is 148. The van der Waals surface area contributed by atoms with Crippen LogP contribution >= 0.6 is 22.6 Å². The van der Waals surface area contributed by atoms with Gasteiger partial charge in [0.1, 0.15) is 0 Å². The molecule has 2 heteroatoms. The molecule has 1 saturated carbocycles. The normalized spacial score (nSPS) is 44.7. The predicted molar refractivity (Wildman–Crippen MR) is 56.2 cm³/mol. The van der Waals surface area contributed by atoms with E-state index < -0.39 is 0 Å². The molecule has 64 valence electrons. The second kappa shape index (κ2) is 3.21. The Labute approximate surface area is 82.7 Å². The zero-order valence-corrected chi connectivity index (χ0v) is 9.25. The van der Waals surface area contributed by atoms with Crippen LogP contribution in [0.25, 0.3) is 0 Å². The first kappa shape index (κ1) is 8.30. The van der Waals surface area contributed by atoms with Crippen LogP contribution in [0.1, 0.15) is 25.7 Å². The molecule has 3 atom stereocenters. The summed E-state index contributed by atoms with van der Waals surface area (Å²) in [7, 11) is 2.32. The number of hydrogen-bond acceptors (Lipinski definition) is 1. The van der Waals surface area contributed by atoms with Crippen molar-refractivity contribution in [2.75, 3.05) is 11.5 Å². The lowest BCUT2D eigenvalue weighted by atomic mass is 9.94. The van der Waals surface area contributed by atoms with Gasteiger partial charge in [0.05, 0.1) is 0 Å². The largest absolute Gasteiger partial charge is 0.300 e. The second-order valence-corrected chi connectivity index (χ2v) is 4.92. The smallest absolute Gasteiger partial charge is 0.0187 e. The number of halogens is 1. The highest BCUT2D eigenvalue weighted by Gasteiger charge is 2.37. The van der Waals surface area contributed by atoms with Gasteiger partial charge in [-0.05, 0) is 38.6 Å². The summed E-state index contributed by atoms with van der Waals surface area (Å²) in [6.45, 7) is 0. The molecule has 0 aromatic heterocycles. The molecule has 1 aliphatic heterocycles. The Morgan fingerprint density at radius 2 is 2.18 bits per heavy atom. The van der Waals surface area contributed by atoms with Crippen molar-refractivity contribution in [3.8, 4) is 0 Å². The van der Waals surface area contributed by atoms with Gasteiger partial charge in [0.2, 0.25) is 0 Å². The fourth-order valence-electron chi connectivity index (χ4n) is 2.65. The van der Waals surface area contributed by atoms with Crippen LogP contribution < -0.4 is 0 Å². The summed E-state index contributed by atoms with van der Waals surface area (Å²) < 4.78 is 1.32. The van der Waals surface area contributed by atoms with Crippen molar-refractivity contribution in [2.45, 2.75) is 37.8 Å². The molecule has 2 rings (SSSR count). The highest BCUT2D eigenvalue weighted by molar-refractivity contribution is 14.1. The molecule has 1 aliphatic carbocycles. The summed E-state index contributed by atoms with van der Waals surface area (Å²) >= 11 is 2.53. The van der Waals surface area contributed by atoms with Crippen LogP contribution in [-0.2, 0) is 0 Å². The maximum Gasteiger partial charge on any atom is 0.0187 e. The fraction of sp³-hybridized carbons (Fsp3) is 1.00. The Morgan fingerprint density at radius 3 is 2.91 bits per heavy atom. The van der Waals surface area contributed by atoms with Crippen LogP contribution in [0.5, 0.6) is 0 Å². The van der Waals surface area contributed by atoms with Crippen molar-refractivity contribution in [1.29, 1.82) is 0 Å². The Hall–Kier alpha value is 0.690. The molecule has 0 aromatic rings. The SMILES string of the molecule is CN1C(CI)CC2CCC1C2. The van der Waals surface area contributed by atoms with E-state index in [2.05, 4.69) is 34.5 Å². The van der Waals surface area contributed by atoms with Crippen molar-refractivity contribution in [3.63, 3.8) is 0 Å². The van der Waals surface area contributed by atoms with Gasteiger partial charge in [-0.25, -0.2) is 0 Å². The fourth-order valence-corrected chi connectivity index (χ4v) is 3.63. The molecular weight excluding hydrogens is 249 g/mol. The number of rotatable bonds is 1. The lowest BCUT2D eigenvalue weighted by molar-refractivity contribution is 0.136. The summed E-state index contributed by atoms with van der Waals surface area (Å²) in [4.78, 5) is 2.62. The lowest BCUT2D eigenvalue weighted by Gasteiger charge is -2.37. The van der Waals surface area contributed by atoms with Crippen molar-refractivity contribution in [2.24, 2.45) is 5.92 Å². The third kappa shape index (κ3) is 1.44. The van der Waals surface area contributed by atoms with E-state index in [0.717, 1.165) is 18.0 Å². The van der Waals surface area contributed by atoms with Gasteiger partial charge < -0.3 is 0 Å². The molecule has 3 unspecified atom stereocenters. The summed E-state index contributed by atoms with van der Waals surface area (Å²) in [5, 5.41) is 0. The minimum atomic E-state index is 0.891. The number of fused-ring (bicyclic) bond motifs is 2. The van der Waals surface area contributed by atoms with Gasteiger partial charge in [-0.1, -0.05) is 22.6 Å². The molecule has 2 aliphatic rings. The highest BCUT2D eigenvalue weighted by Crippen LogP contribution is 2.38. The topological polar surface area (TPSA) is 3.24 Å². The summed E-state index contributed by atoms with van der Waals surface area (Å²) in [6, 6.07) is 1.83. The first-order chi connectivity index (χ1) is 5.31. The molecule has 0 N–H and O–H groups in total. The summed E-state index contributed by atoms with van der Waals surface area (Å²) in [6.07, 6.45) is 5.93. The second-order valence-electron chi connectivity index (χ2n) is 4.04. The van der Waals surface area contributed by atoms with Gasteiger partial charge in [0, 0.05) is 16.5 Å². The van der Waals surface area contributed by atoms with Crippen LogP contribution in [0.3, 0.4) is 0 Å². The average Bonchev–Trinajstić information content (AvgIpc) is 2.42. The molecule has 1 saturated heterocycles. The van der Waals surface area contributed by atoms with Crippen molar-refractivity contribution in [1.82, 2.24) is 4.90 Å².